The molecule has 0 unspecified atom stereocenters. The first-order valence-corrected chi connectivity index (χ1v) is 6.15. The summed E-state index contributed by atoms with van der Waals surface area (Å²) in [4.78, 5) is 8.44. The normalized spacial score (nSPS) is 13.2. The number of rotatable bonds is 2. The molecule has 92 valence electrons. The maximum atomic E-state index is 5.92. The van der Waals surface area contributed by atoms with E-state index < -0.39 is 0 Å². The number of aromatic nitrogens is 2. The second-order valence-corrected chi connectivity index (χ2v) is 4.33. The van der Waals surface area contributed by atoms with Gasteiger partial charge >= 0.3 is 0 Å². The molecule has 1 aliphatic heterocycles. The van der Waals surface area contributed by atoms with Gasteiger partial charge in [0.1, 0.15) is 17.9 Å². The maximum Gasteiger partial charge on any atom is 0.132 e. The third-order valence-corrected chi connectivity index (χ3v) is 3.30. The average Bonchev–Trinajstić information content (AvgIpc) is 2.86. The monoisotopic (exact) mass is 241 g/mol. The van der Waals surface area contributed by atoms with Crippen molar-refractivity contribution in [1.29, 1.82) is 0 Å². The zero-order valence-corrected chi connectivity index (χ0v) is 10.3. The molecule has 1 aliphatic rings. The highest BCUT2D eigenvalue weighted by molar-refractivity contribution is 5.74. The lowest BCUT2D eigenvalue weighted by Gasteiger charge is -2.11. The summed E-state index contributed by atoms with van der Waals surface area (Å²) in [6.07, 6.45) is 3.29. The van der Waals surface area contributed by atoms with Crippen LogP contribution in [-0.2, 0) is 12.8 Å². The second kappa shape index (κ2) is 4.29. The molecule has 0 amide bonds. The van der Waals surface area contributed by atoms with Crippen LogP contribution in [0, 0.1) is 0 Å². The van der Waals surface area contributed by atoms with Gasteiger partial charge < -0.3 is 10.5 Å². The van der Waals surface area contributed by atoms with Gasteiger partial charge in [0.05, 0.1) is 12.3 Å². The van der Waals surface area contributed by atoms with Gasteiger partial charge in [0.2, 0.25) is 0 Å². The highest BCUT2D eigenvalue weighted by Gasteiger charge is 2.20. The Balaban J connectivity index is 2.22. The van der Waals surface area contributed by atoms with Gasteiger partial charge in [0.25, 0.3) is 0 Å². The number of nitrogen functional groups attached to an aromatic ring is 1. The van der Waals surface area contributed by atoms with Gasteiger partial charge in [-0.3, -0.25) is 0 Å². The van der Waals surface area contributed by atoms with E-state index in [1.807, 2.05) is 12.1 Å². The zero-order chi connectivity index (χ0) is 12.5. The average molecular weight is 241 g/mol. The van der Waals surface area contributed by atoms with E-state index in [0.29, 0.717) is 5.82 Å². The number of nitrogens with two attached hydrogens (primary N) is 1. The predicted molar refractivity (Wildman–Crippen MR) is 70.5 cm³/mol. The number of ether oxygens (including phenoxy) is 1. The van der Waals surface area contributed by atoms with E-state index in [4.69, 9.17) is 10.5 Å². The summed E-state index contributed by atoms with van der Waals surface area (Å²) < 4.78 is 5.72. The van der Waals surface area contributed by atoms with Crippen molar-refractivity contribution < 1.29 is 4.74 Å². The van der Waals surface area contributed by atoms with Gasteiger partial charge in [-0.25, -0.2) is 9.97 Å². The van der Waals surface area contributed by atoms with Crippen LogP contribution in [0.1, 0.15) is 18.1 Å². The number of anilines is 1. The van der Waals surface area contributed by atoms with Crippen LogP contribution in [0.4, 0.5) is 5.82 Å². The first-order valence-electron chi connectivity index (χ1n) is 6.15. The van der Waals surface area contributed by atoms with Crippen molar-refractivity contribution in [2.24, 2.45) is 0 Å². The van der Waals surface area contributed by atoms with Crippen LogP contribution in [0.5, 0.6) is 5.75 Å². The van der Waals surface area contributed by atoms with Crippen molar-refractivity contribution in [2.45, 2.75) is 19.8 Å². The zero-order valence-electron chi connectivity index (χ0n) is 10.3. The van der Waals surface area contributed by atoms with E-state index >= 15 is 0 Å². The molecule has 0 fully saturated rings. The molecule has 2 aromatic rings. The molecule has 1 aromatic heterocycles. The van der Waals surface area contributed by atoms with Crippen LogP contribution in [0.15, 0.2) is 24.5 Å². The number of nitrogens with zero attached hydrogens (tertiary/aromatic N) is 2. The Bertz CT molecular complexity index is 584. The number of hydrogen-bond donors (Lipinski definition) is 1. The first kappa shape index (κ1) is 11.0. The number of benzene rings is 1. The van der Waals surface area contributed by atoms with Gasteiger partial charge in [-0.05, 0) is 18.1 Å². The Morgan fingerprint density at radius 1 is 1.33 bits per heavy atom. The summed E-state index contributed by atoms with van der Waals surface area (Å²) in [5.74, 6) is 1.50. The third kappa shape index (κ3) is 1.61. The van der Waals surface area contributed by atoms with Crippen LogP contribution in [0.2, 0.25) is 0 Å². The fourth-order valence-corrected chi connectivity index (χ4v) is 2.41. The molecule has 3 rings (SSSR count). The predicted octanol–water partition coefficient (Wildman–Crippen LogP) is 2.22. The molecular weight excluding hydrogens is 226 g/mol. The van der Waals surface area contributed by atoms with E-state index in [1.54, 1.807) is 0 Å². The van der Waals surface area contributed by atoms with Crippen LogP contribution in [0.25, 0.3) is 11.3 Å². The van der Waals surface area contributed by atoms with Gasteiger partial charge in [0, 0.05) is 17.5 Å². The molecule has 0 bridgehead atoms. The third-order valence-electron chi connectivity index (χ3n) is 3.30. The minimum Gasteiger partial charge on any atom is -0.492 e. The fraction of sp³-hybridized carbons (Fsp3) is 0.286. The Morgan fingerprint density at radius 3 is 3.06 bits per heavy atom. The van der Waals surface area contributed by atoms with Crippen molar-refractivity contribution in [3.05, 3.63) is 35.7 Å². The van der Waals surface area contributed by atoms with Crippen molar-refractivity contribution in [3.8, 4) is 17.0 Å². The quantitative estimate of drug-likeness (QED) is 0.875. The van der Waals surface area contributed by atoms with Crippen LogP contribution >= 0.6 is 0 Å². The molecule has 4 heteroatoms. The van der Waals surface area contributed by atoms with Crippen molar-refractivity contribution in [2.75, 3.05) is 12.3 Å². The van der Waals surface area contributed by atoms with Gasteiger partial charge in [0.15, 0.2) is 0 Å². The van der Waals surface area contributed by atoms with E-state index in [9.17, 15) is 0 Å². The number of hydrogen-bond acceptors (Lipinski definition) is 4. The minimum atomic E-state index is 0.554. The summed E-state index contributed by atoms with van der Waals surface area (Å²) >= 11 is 0. The highest BCUT2D eigenvalue weighted by atomic mass is 16.5. The Morgan fingerprint density at radius 2 is 2.22 bits per heavy atom. The van der Waals surface area contributed by atoms with E-state index in [1.165, 1.54) is 11.9 Å². The molecule has 0 atom stereocenters. The fourth-order valence-electron chi connectivity index (χ4n) is 2.41. The van der Waals surface area contributed by atoms with Crippen LogP contribution in [0.3, 0.4) is 0 Å². The summed E-state index contributed by atoms with van der Waals surface area (Å²) in [7, 11) is 0. The molecule has 2 N–H and O–H groups in total. The molecule has 0 saturated carbocycles. The Hall–Kier alpha value is -2.10. The van der Waals surface area contributed by atoms with Gasteiger partial charge in [-0.1, -0.05) is 19.1 Å². The molecule has 4 nitrogen and oxygen atoms in total. The maximum absolute atomic E-state index is 5.92. The SMILES string of the molecule is CCc1c(N)ncnc1-c1cccc2c1OCC2. The van der Waals surface area contributed by atoms with Crippen molar-refractivity contribution in [1.82, 2.24) is 9.97 Å². The van der Waals surface area contributed by atoms with Gasteiger partial charge in [-0.2, -0.15) is 0 Å². The molecule has 0 spiro atoms. The van der Waals surface area contributed by atoms with Crippen molar-refractivity contribution >= 4 is 5.82 Å². The topological polar surface area (TPSA) is 61.0 Å². The van der Waals surface area contributed by atoms with Crippen LogP contribution in [-0.4, -0.2) is 16.6 Å². The highest BCUT2D eigenvalue weighted by Crippen LogP contribution is 2.37. The molecule has 0 radical (unpaired) electrons. The number of fused-ring (bicyclic) bond motifs is 1. The summed E-state index contributed by atoms with van der Waals surface area (Å²) in [6.45, 7) is 2.80. The summed E-state index contributed by atoms with van der Waals surface area (Å²) in [5.41, 5.74) is 10.1. The van der Waals surface area contributed by atoms with E-state index in [0.717, 1.165) is 42.0 Å². The largest absolute Gasteiger partial charge is 0.492 e. The standard InChI is InChI=1S/C14H15N3O/c1-2-10-12(16-8-17-14(10)15)11-5-3-4-9-6-7-18-13(9)11/h3-5,8H,2,6-7H2,1H3,(H2,15,16,17). The lowest BCUT2D eigenvalue weighted by Crippen LogP contribution is -2.02. The molecule has 0 aliphatic carbocycles. The Kier molecular flexibility index (Phi) is 2.63. The lowest BCUT2D eigenvalue weighted by molar-refractivity contribution is 0.358. The molecule has 1 aromatic carbocycles. The molecule has 18 heavy (non-hydrogen) atoms. The van der Waals surface area contributed by atoms with Crippen LogP contribution < -0.4 is 10.5 Å². The number of para-hydroxylation sites is 1. The van der Waals surface area contributed by atoms with Gasteiger partial charge in [-0.15, -0.1) is 0 Å². The minimum absolute atomic E-state index is 0.554. The second-order valence-electron chi connectivity index (χ2n) is 4.33. The summed E-state index contributed by atoms with van der Waals surface area (Å²) in [5, 5.41) is 0. The smallest absolute Gasteiger partial charge is 0.132 e. The summed E-state index contributed by atoms with van der Waals surface area (Å²) in [6, 6.07) is 6.17. The first-order chi connectivity index (χ1) is 8.81. The Labute approximate surface area is 106 Å². The molecular formula is C14H15N3O. The van der Waals surface area contributed by atoms with E-state index in [2.05, 4.69) is 23.0 Å². The van der Waals surface area contributed by atoms with E-state index in [-0.39, 0.29) is 0 Å². The molecule has 2 heterocycles. The van der Waals surface area contributed by atoms with Crippen molar-refractivity contribution in [3.63, 3.8) is 0 Å². The molecule has 0 saturated heterocycles. The lowest BCUT2D eigenvalue weighted by atomic mass is 10.0.